The Kier molecular flexibility index (Phi) is 4.81. The van der Waals surface area contributed by atoms with Gasteiger partial charge in [0.05, 0.1) is 26.2 Å². The molecule has 0 aliphatic carbocycles. The van der Waals surface area contributed by atoms with Crippen molar-refractivity contribution in [2.24, 2.45) is 0 Å². The summed E-state index contributed by atoms with van der Waals surface area (Å²) in [5.41, 5.74) is 1.39. The molecule has 150 valence electrons. The summed E-state index contributed by atoms with van der Waals surface area (Å²) in [4.78, 5) is 28.5. The summed E-state index contributed by atoms with van der Waals surface area (Å²) in [5, 5.41) is 3.31. The molecule has 5 rings (SSSR count). The first kappa shape index (κ1) is 18.6. The van der Waals surface area contributed by atoms with Gasteiger partial charge in [0.25, 0.3) is 5.91 Å². The molecule has 0 saturated carbocycles. The molecule has 0 radical (unpaired) electrons. The van der Waals surface area contributed by atoms with Gasteiger partial charge in [0.1, 0.15) is 17.7 Å². The van der Waals surface area contributed by atoms with Crippen LogP contribution in [0.1, 0.15) is 15.9 Å². The summed E-state index contributed by atoms with van der Waals surface area (Å²) in [6.45, 7) is 3.90. The number of benzene rings is 3. The van der Waals surface area contributed by atoms with Crippen LogP contribution < -0.4 is 10.5 Å². The normalized spacial score (nSPS) is 15.0. The first-order chi connectivity index (χ1) is 14.7. The molecule has 1 amide bonds. The largest absolute Gasteiger partial charge is 0.422 e. The predicted octanol–water partition coefficient (Wildman–Crippen LogP) is 2.49. The molecule has 3 aromatic carbocycles. The van der Waals surface area contributed by atoms with E-state index in [0.29, 0.717) is 18.7 Å². The van der Waals surface area contributed by atoms with E-state index in [1.54, 1.807) is 17.0 Å². The van der Waals surface area contributed by atoms with E-state index in [1.165, 1.54) is 21.2 Å². The Morgan fingerprint density at radius 2 is 1.60 bits per heavy atom. The van der Waals surface area contributed by atoms with Crippen molar-refractivity contribution in [3.8, 4) is 0 Å². The van der Waals surface area contributed by atoms with Crippen LogP contribution in [-0.4, -0.2) is 37.0 Å². The lowest BCUT2D eigenvalue weighted by Crippen LogP contribution is -3.13. The molecule has 4 aromatic rings. The SMILES string of the molecule is O=C(c1cc2ccccc2oc1=O)N1CC[NH+](Cc2cccc3ccccc23)CC1. The lowest BCUT2D eigenvalue weighted by atomic mass is 10.0. The molecule has 5 heteroatoms. The Balaban J connectivity index is 1.29. The number of piperazine rings is 1. The minimum Gasteiger partial charge on any atom is -0.422 e. The summed E-state index contributed by atoms with van der Waals surface area (Å²) in [5.74, 6) is -0.237. The Labute approximate surface area is 174 Å². The summed E-state index contributed by atoms with van der Waals surface area (Å²) in [6.07, 6.45) is 0. The van der Waals surface area contributed by atoms with Crippen molar-refractivity contribution in [3.63, 3.8) is 0 Å². The second-order valence-corrected chi connectivity index (χ2v) is 7.84. The maximum Gasteiger partial charge on any atom is 0.349 e. The maximum absolute atomic E-state index is 13.0. The number of nitrogens with zero attached hydrogens (tertiary/aromatic N) is 1. The topological polar surface area (TPSA) is 55.0 Å². The molecular formula is C25H23N2O3+. The molecule has 0 atom stereocenters. The summed E-state index contributed by atoms with van der Waals surface area (Å²) in [6, 6.07) is 23.8. The molecule has 5 nitrogen and oxygen atoms in total. The van der Waals surface area contributed by atoms with Gasteiger partial charge in [-0.05, 0) is 22.9 Å². The lowest BCUT2D eigenvalue weighted by Gasteiger charge is -2.32. The van der Waals surface area contributed by atoms with Crippen LogP contribution in [0, 0.1) is 0 Å². The molecule has 1 aliphatic rings. The number of hydrogen-bond acceptors (Lipinski definition) is 3. The van der Waals surface area contributed by atoms with Crippen molar-refractivity contribution < 1.29 is 14.1 Å². The van der Waals surface area contributed by atoms with E-state index in [0.717, 1.165) is 25.0 Å². The van der Waals surface area contributed by atoms with Gasteiger partial charge >= 0.3 is 5.63 Å². The van der Waals surface area contributed by atoms with Gasteiger partial charge < -0.3 is 14.2 Å². The number of quaternary nitrogens is 1. The number of nitrogens with one attached hydrogen (secondary N) is 1. The number of para-hydroxylation sites is 1. The van der Waals surface area contributed by atoms with E-state index in [2.05, 4.69) is 42.5 Å². The number of carbonyl (C=O) groups excluding carboxylic acids is 1. The van der Waals surface area contributed by atoms with Crippen LogP contribution in [0.3, 0.4) is 0 Å². The number of carbonyl (C=O) groups is 1. The van der Waals surface area contributed by atoms with Crippen molar-refractivity contribution in [2.75, 3.05) is 26.2 Å². The summed E-state index contributed by atoms with van der Waals surface area (Å²) in [7, 11) is 0. The van der Waals surface area contributed by atoms with E-state index >= 15 is 0 Å². The Hall–Kier alpha value is -3.44. The van der Waals surface area contributed by atoms with Gasteiger partial charge in [-0.3, -0.25) is 4.79 Å². The van der Waals surface area contributed by atoms with Gasteiger partial charge in [0.2, 0.25) is 0 Å². The number of fused-ring (bicyclic) bond motifs is 2. The van der Waals surface area contributed by atoms with Gasteiger partial charge in [-0.15, -0.1) is 0 Å². The molecule has 0 unspecified atom stereocenters. The number of amides is 1. The average molecular weight is 399 g/mol. The standard InChI is InChI=1S/C25H22N2O3/c28-24(22-16-19-7-2-4-11-23(19)30-25(22)29)27-14-12-26(13-15-27)17-20-9-5-8-18-6-1-3-10-21(18)20/h1-11,16H,12-15,17H2/p+1. The smallest absolute Gasteiger partial charge is 0.349 e. The second-order valence-electron chi connectivity index (χ2n) is 7.84. The monoisotopic (exact) mass is 399 g/mol. The van der Waals surface area contributed by atoms with Crippen LogP contribution >= 0.6 is 0 Å². The molecule has 1 aliphatic heterocycles. The highest BCUT2D eigenvalue weighted by molar-refractivity contribution is 5.96. The van der Waals surface area contributed by atoms with Gasteiger partial charge in [-0.2, -0.15) is 0 Å². The quantitative estimate of drug-likeness (QED) is 0.539. The van der Waals surface area contributed by atoms with Gasteiger partial charge in [0, 0.05) is 10.9 Å². The number of rotatable bonds is 3. The second kappa shape index (κ2) is 7.76. The first-order valence-corrected chi connectivity index (χ1v) is 10.3. The van der Waals surface area contributed by atoms with Crippen LogP contribution in [0.4, 0.5) is 0 Å². The Bertz CT molecular complexity index is 1280. The van der Waals surface area contributed by atoms with E-state index in [4.69, 9.17) is 4.42 Å². The van der Waals surface area contributed by atoms with Crippen LogP contribution in [0.5, 0.6) is 0 Å². The Morgan fingerprint density at radius 3 is 2.43 bits per heavy atom. The van der Waals surface area contributed by atoms with E-state index < -0.39 is 5.63 Å². The highest BCUT2D eigenvalue weighted by atomic mass is 16.4. The fraction of sp³-hybridized carbons (Fsp3) is 0.200. The van der Waals surface area contributed by atoms with Crippen molar-refractivity contribution in [1.29, 1.82) is 0 Å². The fourth-order valence-corrected chi connectivity index (χ4v) is 4.30. The van der Waals surface area contributed by atoms with E-state index in [9.17, 15) is 9.59 Å². The van der Waals surface area contributed by atoms with Crippen molar-refractivity contribution in [3.05, 3.63) is 94.3 Å². The average Bonchev–Trinajstić information content (AvgIpc) is 2.79. The molecule has 0 bridgehead atoms. The highest BCUT2D eigenvalue weighted by Crippen LogP contribution is 2.18. The lowest BCUT2D eigenvalue weighted by molar-refractivity contribution is -0.917. The summed E-state index contributed by atoms with van der Waals surface area (Å²) < 4.78 is 5.34. The predicted molar refractivity (Wildman–Crippen MR) is 117 cm³/mol. The van der Waals surface area contributed by atoms with Crippen LogP contribution in [-0.2, 0) is 6.54 Å². The van der Waals surface area contributed by atoms with Crippen molar-refractivity contribution >= 4 is 27.6 Å². The van der Waals surface area contributed by atoms with Crippen molar-refractivity contribution in [1.82, 2.24) is 4.90 Å². The zero-order chi connectivity index (χ0) is 20.5. The van der Waals surface area contributed by atoms with Gasteiger partial charge in [0.15, 0.2) is 0 Å². The fourth-order valence-electron chi connectivity index (χ4n) is 4.30. The Morgan fingerprint density at radius 1 is 0.900 bits per heavy atom. The highest BCUT2D eigenvalue weighted by Gasteiger charge is 2.27. The molecule has 1 saturated heterocycles. The molecule has 1 aromatic heterocycles. The van der Waals surface area contributed by atoms with Crippen LogP contribution in [0.15, 0.2) is 82.0 Å². The third-order valence-corrected chi connectivity index (χ3v) is 5.95. The molecule has 1 N–H and O–H groups in total. The molecule has 1 fully saturated rings. The van der Waals surface area contributed by atoms with E-state index in [1.807, 2.05) is 18.2 Å². The van der Waals surface area contributed by atoms with Gasteiger partial charge in [-0.1, -0.05) is 60.7 Å². The zero-order valence-electron chi connectivity index (χ0n) is 16.6. The zero-order valence-corrected chi connectivity index (χ0v) is 16.6. The maximum atomic E-state index is 13.0. The first-order valence-electron chi connectivity index (χ1n) is 10.3. The molecule has 30 heavy (non-hydrogen) atoms. The molecular weight excluding hydrogens is 376 g/mol. The minimum atomic E-state index is -0.566. The van der Waals surface area contributed by atoms with Crippen LogP contribution in [0.2, 0.25) is 0 Å². The molecule has 0 spiro atoms. The minimum absolute atomic E-state index is 0.117. The summed E-state index contributed by atoms with van der Waals surface area (Å²) >= 11 is 0. The third-order valence-electron chi connectivity index (χ3n) is 5.95. The molecule has 2 heterocycles. The third kappa shape index (κ3) is 3.48. The van der Waals surface area contributed by atoms with Crippen molar-refractivity contribution in [2.45, 2.75) is 6.54 Å². The van der Waals surface area contributed by atoms with Gasteiger partial charge in [-0.25, -0.2) is 4.79 Å². The van der Waals surface area contributed by atoms with E-state index in [-0.39, 0.29) is 11.5 Å². The van der Waals surface area contributed by atoms with Crippen LogP contribution in [0.25, 0.3) is 21.7 Å². The number of hydrogen-bond donors (Lipinski definition) is 1.